The van der Waals surface area contributed by atoms with Crippen molar-refractivity contribution in [2.75, 3.05) is 18.8 Å². The van der Waals surface area contributed by atoms with Crippen molar-refractivity contribution in [1.29, 1.82) is 0 Å². The van der Waals surface area contributed by atoms with Crippen LogP contribution in [0.3, 0.4) is 0 Å². The molecule has 0 aliphatic carbocycles. The lowest BCUT2D eigenvalue weighted by Gasteiger charge is -2.41. The predicted molar refractivity (Wildman–Crippen MR) is 73.3 cm³/mol. The van der Waals surface area contributed by atoms with E-state index in [0.717, 1.165) is 25.2 Å². The van der Waals surface area contributed by atoms with Gasteiger partial charge in [0.1, 0.15) is 5.82 Å². The molecule has 2 heterocycles. The van der Waals surface area contributed by atoms with Crippen molar-refractivity contribution < 1.29 is 5.11 Å². The standard InChI is InChI=1S/C13H20ClN3O/c1-13(2)8-17(6-5-11(13)18)7-10-9(14)3-4-12(15)16-10/h3-4,11,18H,5-8H2,1-2H3,(H2,15,16). The Morgan fingerprint density at radius 1 is 1.56 bits per heavy atom. The lowest BCUT2D eigenvalue weighted by molar-refractivity contribution is -0.0273. The van der Waals surface area contributed by atoms with Gasteiger partial charge in [-0.15, -0.1) is 0 Å². The number of likely N-dealkylation sites (tertiary alicyclic amines) is 1. The second kappa shape index (κ2) is 5.03. The van der Waals surface area contributed by atoms with Gasteiger partial charge in [0.2, 0.25) is 0 Å². The Morgan fingerprint density at radius 3 is 2.94 bits per heavy atom. The van der Waals surface area contributed by atoms with Crippen LogP contribution in [0.4, 0.5) is 5.82 Å². The highest BCUT2D eigenvalue weighted by Gasteiger charge is 2.34. The van der Waals surface area contributed by atoms with E-state index in [-0.39, 0.29) is 11.5 Å². The summed E-state index contributed by atoms with van der Waals surface area (Å²) >= 11 is 6.12. The predicted octanol–water partition coefficient (Wildman–Crippen LogP) is 1.91. The molecule has 0 amide bonds. The first-order valence-corrected chi connectivity index (χ1v) is 6.57. The van der Waals surface area contributed by atoms with E-state index in [1.807, 2.05) is 0 Å². The van der Waals surface area contributed by atoms with Crippen LogP contribution in [0.25, 0.3) is 0 Å². The van der Waals surface area contributed by atoms with Crippen molar-refractivity contribution in [1.82, 2.24) is 9.88 Å². The third-order valence-corrected chi connectivity index (χ3v) is 3.91. The van der Waals surface area contributed by atoms with Crippen molar-refractivity contribution in [3.63, 3.8) is 0 Å². The van der Waals surface area contributed by atoms with Gasteiger partial charge in [0.15, 0.2) is 0 Å². The maximum absolute atomic E-state index is 9.93. The first-order chi connectivity index (χ1) is 8.38. The second-order valence-electron chi connectivity index (χ2n) is 5.67. The van der Waals surface area contributed by atoms with E-state index >= 15 is 0 Å². The number of nitrogens with zero attached hydrogens (tertiary/aromatic N) is 2. The molecule has 18 heavy (non-hydrogen) atoms. The fourth-order valence-corrected chi connectivity index (χ4v) is 2.58. The van der Waals surface area contributed by atoms with Crippen molar-refractivity contribution in [3.05, 3.63) is 22.8 Å². The Kier molecular flexibility index (Phi) is 3.80. The van der Waals surface area contributed by atoms with Gasteiger partial charge in [0.25, 0.3) is 0 Å². The third-order valence-electron chi connectivity index (χ3n) is 3.57. The van der Waals surface area contributed by atoms with Gasteiger partial charge in [0, 0.05) is 25.0 Å². The summed E-state index contributed by atoms with van der Waals surface area (Å²) in [6.45, 7) is 6.54. The summed E-state index contributed by atoms with van der Waals surface area (Å²) < 4.78 is 0. The van der Waals surface area contributed by atoms with Gasteiger partial charge in [-0.2, -0.15) is 0 Å². The zero-order valence-electron chi connectivity index (χ0n) is 10.9. The normalized spacial score (nSPS) is 24.1. The number of piperidine rings is 1. The summed E-state index contributed by atoms with van der Waals surface area (Å²) in [4.78, 5) is 6.54. The Hall–Kier alpha value is -0.840. The number of pyridine rings is 1. The Morgan fingerprint density at radius 2 is 2.28 bits per heavy atom. The van der Waals surface area contributed by atoms with Crippen LogP contribution in [-0.2, 0) is 6.54 Å². The van der Waals surface area contributed by atoms with E-state index < -0.39 is 0 Å². The fraction of sp³-hybridized carbons (Fsp3) is 0.615. The third kappa shape index (κ3) is 2.94. The fourth-order valence-electron chi connectivity index (χ4n) is 2.42. The van der Waals surface area contributed by atoms with E-state index in [4.69, 9.17) is 17.3 Å². The molecule has 0 aromatic carbocycles. The molecule has 3 N–H and O–H groups in total. The summed E-state index contributed by atoms with van der Waals surface area (Å²) in [6.07, 6.45) is 0.547. The SMILES string of the molecule is CC1(C)CN(Cc2nc(N)ccc2Cl)CCC1O. The van der Waals surface area contributed by atoms with Crippen LogP contribution < -0.4 is 5.73 Å². The Bertz CT molecular complexity index is 436. The van der Waals surface area contributed by atoms with E-state index in [9.17, 15) is 5.11 Å². The highest BCUT2D eigenvalue weighted by molar-refractivity contribution is 6.31. The maximum Gasteiger partial charge on any atom is 0.123 e. The number of aromatic nitrogens is 1. The lowest BCUT2D eigenvalue weighted by Crippen LogP contribution is -2.48. The summed E-state index contributed by atoms with van der Waals surface area (Å²) in [5.41, 5.74) is 6.40. The molecule has 1 aromatic rings. The maximum atomic E-state index is 9.93. The van der Waals surface area contributed by atoms with Crippen LogP contribution in [0.5, 0.6) is 0 Å². The largest absolute Gasteiger partial charge is 0.392 e. The summed E-state index contributed by atoms with van der Waals surface area (Å²) in [5.74, 6) is 0.491. The smallest absolute Gasteiger partial charge is 0.123 e. The molecule has 1 atom stereocenters. The number of anilines is 1. The minimum absolute atomic E-state index is 0.0922. The van der Waals surface area contributed by atoms with Gasteiger partial charge in [-0.05, 0) is 18.6 Å². The average Bonchev–Trinajstić information content (AvgIpc) is 2.28. The lowest BCUT2D eigenvalue weighted by atomic mass is 9.81. The Labute approximate surface area is 113 Å². The van der Waals surface area contributed by atoms with Crippen LogP contribution in [-0.4, -0.2) is 34.2 Å². The van der Waals surface area contributed by atoms with E-state index in [1.165, 1.54) is 0 Å². The first-order valence-electron chi connectivity index (χ1n) is 6.20. The molecular formula is C13H20ClN3O. The molecule has 1 aliphatic heterocycles. The molecule has 0 radical (unpaired) electrons. The van der Waals surface area contributed by atoms with Crippen molar-refractivity contribution >= 4 is 17.4 Å². The molecule has 1 unspecified atom stereocenters. The van der Waals surface area contributed by atoms with Gasteiger partial charge < -0.3 is 10.8 Å². The molecule has 1 aromatic heterocycles. The molecule has 0 spiro atoms. The molecule has 1 aliphatic rings. The van der Waals surface area contributed by atoms with Gasteiger partial charge in [-0.25, -0.2) is 4.98 Å². The van der Waals surface area contributed by atoms with E-state index in [0.29, 0.717) is 17.4 Å². The Balaban J connectivity index is 2.08. The number of aliphatic hydroxyl groups is 1. The van der Waals surface area contributed by atoms with Crippen molar-refractivity contribution in [2.24, 2.45) is 5.41 Å². The highest BCUT2D eigenvalue weighted by atomic mass is 35.5. The minimum Gasteiger partial charge on any atom is -0.392 e. The number of rotatable bonds is 2. The molecule has 2 rings (SSSR count). The van der Waals surface area contributed by atoms with Gasteiger partial charge >= 0.3 is 0 Å². The van der Waals surface area contributed by atoms with Gasteiger partial charge in [-0.1, -0.05) is 25.4 Å². The molecule has 0 bridgehead atoms. The summed E-state index contributed by atoms with van der Waals surface area (Å²) in [7, 11) is 0. The zero-order chi connectivity index (χ0) is 13.3. The van der Waals surface area contributed by atoms with Crippen LogP contribution >= 0.6 is 11.6 Å². The number of aliphatic hydroxyl groups excluding tert-OH is 1. The minimum atomic E-state index is -0.238. The molecule has 0 saturated carbocycles. The van der Waals surface area contributed by atoms with Crippen LogP contribution in [0.2, 0.25) is 5.02 Å². The molecule has 100 valence electrons. The molecular weight excluding hydrogens is 250 g/mol. The molecule has 4 nitrogen and oxygen atoms in total. The number of hydrogen-bond acceptors (Lipinski definition) is 4. The molecule has 1 fully saturated rings. The van der Waals surface area contributed by atoms with Crippen molar-refractivity contribution in [2.45, 2.75) is 32.9 Å². The summed E-state index contributed by atoms with van der Waals surface area (Å²) in [5, 5.41) is 10.6. The molecule has 5 heteroatoms. The topological polar surface area (TPSA) is 62.4 Å². The number of nitrogen functional groups attached to an aromatic ring is 1. The van der Waals surface area contributed by atoms with E-state index in [1.54, 1.807) is 12.1 Å². The van der Waals surface area contributed by atoms with E-state index in [2.05, 4.69) is 23.7 Å². The number of nitrogens with two attached hydrogens (primary N) is 1. The average molecular weight is 270 g/mol. The molecule has 1 saturated heterocycles. The van der Waals surface area contributed by atoms with Crippen molar-refractivity contribution in [3.8, 4) is 0 Å². The summed E-state index contributed by atoms with van der Waals surface area (Å²) in [6, 6.07) is 3.49. The second-order valence-corrected chi connectivity index (χ2v) is 6.08. The highest BCUT2D eigenvalue weighted by Crippen LogP contribution is 2.30. The van der Waals surface area contributed by atoms with Gasteiger partial charge in [0.05, 0.1) is 16.8 Å². The zero-order valence-corrected chi connectivity index (χ0v) is 11.6. The monoisotopic (exact) mass is 269 g/mol. The van der Waals surface area contributed by atoms with Crippen LogP contribution in [0, 0.1) is 5.41 Å². The number of halogens is 1. The van der Waals surface area contributed by atoms with Crippen LogP contribution in [0.15, 0.2) is 12.1 Å². The first kappa shape index (κ1) is 13.6. The quantitative estimate of drug-likeness (QED) is 0.861. The van der Waals surface area contributed by atoms with Gasteiger partial charge in [-0.3, -0.25) is 4.90 Å². The number of hydrogen-bond donors (Lipinski definition) is 2. The van der Waals surface area contributed by atoms with Crippen LogP contribution in [0.1, 0.15) is 26.0 Å².